The molecule has 0 aliphatic carbocycles. The van der Waals surface area contributed by atoms with Crippen LogP contribution in [-0.2, 0) is 4.43 Å². The monoisotopic (exact) mass is 513 g/mol. The molecule has 1 heterocycles. The van der Waals surface area contributed by atoms with Gasteiger partial charge in [-0.05, 0) is 37.8 Å². The predicted molar refractivity (Wildman–Crippen MR) is 138 cm³/mol. The minimum absolute atomic E-state index is 0.0240. The third-order valence-corrected chi connectivity index (χ3v) is 11.2. The third kappa shape index (κ3) is 5.22. The van der Waals surface area contributed by atoms with Crippen molar-refractivity contribution in [2.24, 2.45) is 0 Å². The number of aromatic nitrogens is 2. The molecule has 0 saturated heterocycles. The van der Waals surface area contributed by atoms with Crippen LogP contribution in [0.2, 0.25) is 5.04 Å². The molecule has 3 aromatic rings. The van der Waals surface area contributed by atoms with E-state index < -0.39 is 8.32 Å². The molecule has 0 unspecified atom stereocenters. The molecule has 32 heavy (non-hydrogen) atoms. The molecule has 0 aliphatic heterocycles. The third-order valence-electron chi connectivity index (χ3n) is 5.61. The molecule has 5 nitrogen and oxygen atoms in total. The van der Waals surface area contributed by atoms with Gasteiger partial charge in [0, 0.05) is 20.2 Å². The van der Waals surface area contributed by atoms with E-state index in [4.69, 9.17) is 9.16 Å². The van der Waals surface area contributed by atoms with Crippen LogP contribution in [-0.4, -0.2) is 45.6 Å². The summed E-state index contributed by atoms with van der Waals surface area (Å²) in [5.41, 5.74) is 0. The van der Waals surface area contributed by atoms with E-state index in [1.165, 1.54) is 10.4 Å². The Balaban J connectivity index is 1.79. The van der Waals surface area contributed by atoms with Crippen LogP contribution in [0, 0.1) is 0 Å². The first-order valence-corrected chi connectivity index (χ1v) is 13.5. The van der Waals surface area contributed by atoms with Crippen LogP contribution >= 0.6 is 15.9 Å². The number of nitrogens with zero attached hydrogens (tertiary/aromatic N) is 3. The molecule has 0 fully saturated rings. The molecule has 0 atom stereocenters. The van der Waals surface area contributed by atoms with Gasteiger partial charge < -0.3 is 14.1 Å². The lowest BCUT2D eigenvalue weighted by molar-refractivity contribution is 0.293. The molecule has 7 heteroatoms. The van der Waals surface area contributed by atoms with E-state index in [9.17, 15) is 0 Å². The van der Waals surface area contributed by atoms with Gasteiger partial charge in [0.2, 0.25) is 11.8 Å². The second-order valence-electron chi connectivity index (χ2n) is 8.81. The zero-order valence-corrected chi connectivity index (χ0v) is 22.1. The molecule has 0 amide bonds. The van der Waals surface area contributed by atoms with Crippen LogP contribution in [0.1, 0.15) is 27.2 Å². The van der Waals surface area contributed by atoms with Gasteiger partial charge in [0.25, 0.3) is 8.32 Å². The number of anilines is 1. The highest BCUT2D eigenvalue weighted by Gasteiger charge is 2.49. The Morgan fingerprint density at radius 2 is 1.53 bits per heavy atom. The van der Waals surface area contributed by atoms with Crippen LogP contribution < -0.4 is 20.0 Å². The molecule has 0 bridgehead atoms. The highest BCUT2D eigenvalue weighted by Crippen LogP contribution is 2.36. The van der Waals surface area contributed by atoms with Crippen molar-refractivity contribution in [3.05, 3.63) is 71.3 Å². The Hall–Kier alpha value is -2.22. The van der Waals surface area contributed by atoms with E-state index in [1.54, 1.807) is 13.3 Å². The Morgan fingerprint density at radius 1 is 0.969 bits per heavy atom. The maximum atomic E-state index is 6.96. The van der Waals surface area contributed by atoms with Gasteiger partial charge in [0.15, 0.2) is 0 Å². The van der Waals surface area contributed by atoms with E-state index in [0.29, 0.717) is 18.4 Å². The average Bonchev–Trinajstić information content (AvgIpc) is 2.79. The summed E-state index contributed by atoms with van der Waals surface area (Å²) in [7, 11) is 1.10. The van der Waals surface area contributed by atoms with Crippen molar-refractivity contribution in [2.45, 2.75) is 32.2 Å². The zero-order valence-electron chi connectivity index (χ0n) is 19.5. The van der Waals surface area contributed by atoms with Crippen molar-refractivity contribution in [3.63, 3.8) is 0 Å². The Labute approximate surface area is 201 Å². The molecule has 3 rings (SSSR count). The van der Waals surface area contributed by atoms with Crippen molar-refractivity contribution in [2.75, 3.05) is 32.2 Å². The molecular weight excluding hydrogens is 482 g/mol. The molecule has 0 N–H and O–H groups in total. The van der Waals surface area contributed by atoms with E-state index in [2.05, 4.69) is 107 Å². The summed E-state index contributed by atoms with van der Waals surface area (Å²) in [6, 6.07) is 21.5. The molecule has 2 aromatic carbocycles. The van der Waals surface area contributed by atoms with E-state index in [1.807, 2.05) is 11.9 Å². The largest absolute Gasteiger partial charge is 0.480 e. The number of halogens is 1. The molecule has 0 aliphatic rings. The van der Waals surface area contributed by atoms with Crippen LogP contribution in [0.25, 0.3) is 0 Å². The van der Waals surface area contributed by atoms with Crippen LogP contribution in [0.5, 0.6) is 5.88 Å². The first-order chi connectivity index (χ1) is 15.3. The summed E-state index contributed by atoms with van der Waals surface area (Å²) < 4.78 is 13.0. The lowest BCUT2D eigenvalue weighted by Crippen LogP contribution is -2.66. The van der Waals surface area contributed by atoms with Gasteiger partial charge in [-0.25, -0.2) is 4.98 Å². The lowest BCUT2D eigenvalue weighted by atomic mass is 10.2. The first kappa shape index (κ1) is 24.4. The number of hydrogen-bond donors (Lipinski definition) is 0. The van der Waals surface area contributed by atoms with E-state index in [-0.39, 0.29) is 5.04 Å². The zero-order chi connectivity index (χ0) is 23.2. The summed E-state index contributed by atoms with van der Waals surface area (Å²) in [5, 5.41) is 2.57. The van der Waals surface area contributed by atoms with Gasteiger partial charge in [0.1, 0.15) is 0 Å². The lowest BCUT2D eigenvalue weighted by Gasteiger charge is -2.43. The summed E-state index contributed by atoms with van der Waals surface area (Å²) >= 11 is 3.40. The normalized spacial score (nSPS) is 11.9. The van der Waals surface area contributed by atoms with Crippen LogP contribution in [0.15, 0.2) is 71.3 Å². The smallest absolute Gasteiger partial charge is 0.261 e. The fraction of sp³-hybridized carbons (Fsp3) is 0.360. The SMILES string of the molecule is COc1nc(N(C)CCCO[Si](c2ccccc2)(c2ccccc2)C(C)(C)C)ncc1Br. The molecule has 0 saturated carbocycles. The molecular formula is C25H32BrN3O2Si. The molecule has 1 aromatic heterocycles. The van der Waals surface area contributed by atoms with Gasteiger partial charge in [-0.3, -0.25) is 0 Å². The maximum absolute atomic E-state index is 6.96. The van der Waals surface area contributed by atoms with Crippen molar-refractivity contribution in [1.82, 2.24) is 9.97 Å². The summed E-state index contributed by atoms with van der Waals surface area (Å²) in [6.45, 7) is 8.34. The molecule has 0 spiro atoms. The second kappa shape index (κ2) is 10.6. The van der Waals surface area contributed by atoms with E-state index in [0.717, 1.165) is 17.4 Å². The second-order valence-corrected chi connectivity index (χ2v) is 14.0. The van der Waals surface area contributed by atoms with Crippen molar-refractivity contribution < 1.29 is 9.16 Å². The maximum Gasteiger partial charge on any atom is 0.261 e. The van der Waals surface area contributed by atoms with Crippen molar-refractivity contribution in [1.29, 1.82) is 0 Å². The van der Waals surface area contributed by atoms with Gasteiger partial charge in [0.05, 0.1) is 17.8 Å². The van der Waals surface area contributed by atoms with Gasteiger partial charge in [-0.1, -0.05) is 81.4 Å². The first-order valence-electron chi connectivity index (χ1n) is 10.8. The standard InChI is InChI=1S/C25H32BrN3O2Si/c1-25(2,3)32(20-13-8-6-9-14-20,21-15-10-7-11-16-21)31-18-12-17-29(4)24-27-19-22(26)23(28-24)30-5/h6-11,13-16,19H,12,17-18H2,1-5H3. The van der Waals surface area contributed by atoms with Gasteiger partial charge in [-0.2, -0.15) is 4.98 Å². The highest BCUT2D eigenvalue weighted by atomic mass is 79.9. The quantitative estimate of drug-likeness (QED) is 0.307. The number of methoxy groups -OCH3 is 1. The number of hydrogen-bond acceptors (Lipinski definition) is 5. The highest BCUT2D eigenvalue weighted by molar-refractivity contribution is 9.10. The Kier molecular flexibility index (Phi) is 8.09. The summed E-state index contributed by atoms with van der Waals surface area (Å²) in [5.74, 6) is 1.17. The summed E-state index contributed by atoms with van der Waals surface area (Å²) in [6.07, 6.45) is 2.58. The fourth-order valence-electron chi connectivity index (χ4n) is 4.06. The number of benzene rings is 2. The van der Waals surface area contributed by atoms with Gasteiger partial charge in [-0.15, -0.1) is 0 Å². The number of ether oxygens (including phenoxy) is 1. The molecule has 0 radical (unpaired) electrons. The predicted octanol–water partition coefficient (Wildman–Crippen LogP) is 4.65. The minimum Gasteiger partial charge on any atom is -0.480 e. The Morgan fingerprint density at radius 3 is 2.03 bits per heavy atom. The van der Waals surface area contributed by atoms with E-state index >= 15 is 0 Å². The minimum atomic E-state index is -2.50. The fourth-order valence-corrected chi connectivity index (χ4v) is 9.02. The van der Waals surface area contributed by atoms with Crippen LogP contribution in [0.4, 0.5) is 5.95 Å². The van der Waals surface area contributed by atoms with Crippen LogP contribution in [0.3, 0.4) is 0 Å². The number of rotatable bonds is 9. The summed E-state index contributed by atoms with van der Waals surface area (Å²) in [4.78, 5) is 10.9. The van der Waals surface area contributed by atoms with Crippen molar-refractivity contribution >= 4 is 40.6 Å². The Bertz CT molecular complexity index is 958. The van der Waals surface area contributed by atoms with Gasteiger partial charge >= 0.3 is 0 Å². The molecule has 170 valence electrons. The topological polar surface area (TPSA) is 47.5 Å². The average molecular weight is 515 g/mol. The van der Waals surface area contributed by atoms with Crippen molar-refractivity contribution in [3.8, 4) is 5.88 Å².